The van der Waals surface area contributed by atoms with Crippen molar-refractivity contribution in [2.24, 2.45) is 4.99 Å². The number of nitrogens with one attached hydrogen (secondary N) is 2. The van der Waals surface area contributed by atoms with Crippen molar-refractivity contribution in [2.75, 3.05) is 46.9 Å². The van der Waals surface area contributed by atoms with Crippen LogP contribution < -0.4 is 16.1 Å². The molecule has 4 aromatic rings. The van der Waals surface area contributed by atoms with Crippen LogP contribution in [-0.2, 0) is 6.54 Å². The molecule has 3 aromatic carbocycles. The van der Waals surface area contributed by atoms with Crippen molar-refractivity contribution in [3.8, 4) is 11.5 Å². The number of halogens is 1. The summed E-state index contributed by atoms with van der Waals surface area (Å²) >= 11 is 0. The molecule has 1 aromatic heterocycles. The second-order valence-corrected chi connectivity index (χ2v) is 7.83. The van der Waals surface area contributed by atoms with Gasteiger partial charge in [0.1, 0.15) is 11.5 Å². The number of hydrogen-bond acceptors (Lipinski definition) is 7. The molecule has 0 aliphatic carbocycles. The first-order valence-corrected chi connectivity index (χ1v) is 10.3. The monoisotopic (exact) mass is 461 g/mol. The Morgan fingerprint density at radius 2 is 1.84 bits per heavy atom. The number of phenols is 2. The molecule has 0 aliphatic heterocycles. The van der Waals surface area contributed by atoms with E-state index in [1.54, 1.807) is 0 Å². The number of benzene rings is 3. The number of phenolic OH excluding ortho intramolecular Hbond substituents is 2. The molecule has 10 heteroatoms. The predicted octanol–water partition coefficient (Wildman–Crippen LogP) is 0.951. The quantitative estimate of drug-likeness (QED) is 0.196. The number of aromatic nitrogens is 2. The molecular weight excluding hydrogens is 434 g/mol. The lowest BCUT2D eigenvalue weighted by Crippen LogP contribution is -2.23. The first kappa shape index (κ1) is 23.8. The molecule has 172 valence electrons. The summed E-state index contributed by atoms with van der Waals surface area (Å²) in [5, 5.41) is 39.2. The van der Waals surface area contributed by atoms with Crippen molar-refractivity contribution in [1.82, 2.24) is 20.0 Å². The Kier molecular flexibility index (Phi) is 7.25. The maximum atomic E-state index is 12.7. The van der Waals surface area contributed by atoms with Gasteiger partial charge in [-0.25, -0.2) is 0 Å². The number of fused-ring (bicyclic) bond motifs is 2. The molecule has 0 aliphatic rings. The second kappa shape index (κ2) is 9.74. The number of rotatable bonds is 8. The van der Waals surface area contributed by atoms with Crippen LogP contribution in [0.3, 0.4) is 0 Å². The average Bonchev–Trinajstić information content (AvgIpc) is 3.10. The molecule has 4 rings (SSSR count). The van der Waals surface area contributed by atoms with Gasteiger partial charge in [-0.05, 0) is 38.4 Å². The topological polar surface area (TPSA) is 126 Å². The standard InChI is InChI=1S/C22H27N5O4.ClH/c1-26(2)10-8-24-13-3-4-14-18-17(13)22(31)20-16(30)6-5-15(29)19(20)21(18)25-27(14)11-7-23-9-12-28;/h3-6,23,25,28,30-31H,7-12H2,1-2H3;1H. The summed E-state index contributed by atoms with van der Waals surface area (Å²) in [5.74, 6) is -0.295. The van der Waals surface area contributed by atoms with E-state index in [9.17, 15) is 15.0 Å². The van der Waals surface area contributed by atoms with E-state index in [-0.39, 0.29) is 46.7 Å². The fourth-order valence-corrected chi connectivity index (χ4v) is 3.99. The third kappa shape index (κ3) is 4.12. The van der Waals surface area contributed by atoms with Crippen molar-refractivity contribution in [1.29, 1.82) is 0 Å². The van der Waals surface area contributed by atoms with Crippen molar-refractivity contribution < 1.29 is 15.3 Å². The van der Waals surface area contributed by atoms with Gasteiger partial charge in [-0.1, -0.05) is 0 Å². The zero-order valence-electron chi connectivity index (χ0n) is 18.1. The van der Waals surface area contributed by atoms with Gasteiger partial charge in [-0.2, -0.15) is 0 Å². The lowest BCUT2D eigenvalue weighted by Gasteiger charge is -2.09. The van der Waals surface area contributed by atoms with Gasteiger partial charge in [0, 0.05) is 25.0 Å². The summed E-state index contributed by atoms with van der Waals surface area (Å²) in [6, 6.07) is 6.38. The molecule has 0 bridgehead atoms. The van der Waals surface area contributed by atoms with E-state index < -0.39 is 0 Å². The van der Waals surface area contributed by atoms with Crippen LogP contribution in [0, 0.1) is 0 Å². The number of aromatic hydroxyl groups is 2. The molecule has 32 heavy (non-hydrogen) atoms. The zero-order chi connectivity index (χ0) is 22.1. The van der Waals surface area contributed by atoms with Crippen molar-refractivity contribution >= 4 is 45.0 Å². The molecule has 1 heterocycles. The summed E-state index contributed by atoms with van der Waals surface area (Å²) in [6.07, 6.45) is 0. The highest BCUT2D eigenvalue weighted by molar-refractivity contribution is 6.23. The van der Waals surface area contributed by atoms with Crippen LogP contribution in [0.1, 0.15) is 0 Å². The fraction of sp³-hybridized carbons (Fsp3) is 0.364. The first-order valence-electron chi connectivity index (χ1n) is 10.3. The number of hydrogen-bond donors (Lipinski definition) is 5. The fourth-order valence-electron chi connectivity index (χ4n) is 3.99. The Bertz CT molecular complexity index is 1360. The van der Waals surface area contributed by atoms with Gasteiger partial charge in [-0.15, -0.1) is 12.4 Å². The molecular formula is C22H28ClN5O4. The van der Waals surface area contributed by atoms with Crippen molar-refractivity contribution in [2.45, 2.75) is 6.54 Å². The minimum Gasteiger partial charge on any atom is -0.507 e. The van der Waals surface area contributed by atoms with Gasteiger partial charge >= 0.3 is 0 Å². The van der Waals surface area contributed by atoms with Gasteiger partial charge in [0.25, 0.3) is 0 Å². The summed E-state index contributed by atoms with van der Waals surface area (Å²) in [4.78, 5) is 19.4. The van der Waals surface area contributed by atoms with Crippen molar-refractivity contribution in [3.63, 3.8) is 0 Å². The van der Waals surface area contributed by atoms with Crippen LogP contribution in [0.25, 0.3) is 32.6 Å². The predicted molar refractivity (Wildman–Crippen MR) is 128 cm³/mol. The minimum absolute atomic E-state index is 0. The number of aromatic amines is 1. The summed E-state index contributed by atoms with van der Waals surface area (Å²) < 4.78 is 1.90. The molecule has 9 nitrogen and oxygen atoms in total. The summed E-state index contributed by atoms with van der Waals surface area (Å²) in [6.45, 7) is 3.01. The van der Waals surface area contributed by atoms with Crippen LogP contribution in [0.15, 0.2) is 34.1 Å². The number of H-pyrrole nitrogens is 1. The number of aliphatic hydroxyl groups excluding tert-OH is 1. The van der Waals surface area contributed by atoms with E-state index in [0.29, 0.717) is 47.8 Å². The van der Waals surface area contributed by atoms with E-state index in [0.717, 1.165) is 12.1 Å². The largest absolute Gasteiger partial charge is 0.507 e. The highest BCUT2D eigenvalue weighted by Crippen LogP contribution is 2.41. The van der Waals surface area contributed by atoms with E-state index in [4.69, 9.17) is 5.11 Å². The van der Waals surface area contributed by atoms with E-state index in [2.05, 4.69) is 15.4 Å². The van der Waals surface area contributed by atoms with Crippen LogP contribution in [0.2, 0.25) is 0 Å². The van der Waals surface area contributed by atoms with Crippen LogP contribution in [0.4, 0.5) is 0 Å². The first-order chi connectivity index (χ1) is 14.9. The average molecular weight is 462 g/mol. The lowest BCUT2D eigenvalue weighted by atomic mass is 9.99. The minimum atomic E-state index is -0.284. The smallest absolute Gasteiger partial charge is 0.189 e. The Morgan fingerprint density at radius 1 is 1.06 bits per heavy atom. The number of aliphatic hydroxyl groups is 1. The SMILES string of the molecule is CN(C)CCN=c1ccc2c3c1c(O)c1c(O)ccc(=O)c1c3[nH]n2CCNCCO.Cl. The summed E-state index contributed by atoms with van der Waals surface area (Å²) in [7, 11) is 3.93. The van der Waals surface area contributed by atoms with Gasteiger partial charge in [0.2, 0.25) is 0 Å². The van der Waals surface area contributed by atoms with Crippen molar-refractivity contribution in [3.05, 3.63) is 39.8 Å². The van der Waals surface area contributed by atoms with Gasteiger partial charge in [0.15, 0.2) is 5.43 Å². The maximum absolute atomic E-state index is 12.7. The van der Waals surface area contributed by atoms with E-state index in [1.165, 1.54) is 12.1 Å². The van der Waals surface area contributed by atoms with Gasteiger partial charge in [-0.3, -0.25) is 19.6 Å². The maximum Gasteiger partial charge on any atom is 0.189 e. The normalized spacial score (nSPS) is 12.4. The molecule has 0 radical (unpaired) electrons. The molecule has 0 saturated carbocycles. The van der Waals surface area contributed by atoms with Crippen LogP contribution in [-0.4, -0.2) is 76.9 Å². The zero-order valence-corrected chi connectivity index (χ0v) is 18.9. The molecule has 0 atom stereocenters. The van der Waals surface area contributed by atoms with Gasteiger partial charge in [0.05, 0.1) is 52.2 Å². The highest BCUT2D eigenvalue weighted by atomic mass is 35.5. The van der Waals surface area contributed by atoms with Gasteiger partial charge < -0.3 is 25.5 Å². The molecule has 0 unspecified atom stereocenters. The second-order valence-electron chi connectivity index (χ2n) is 7.83. The molecule has 5 N–H and O–H groups in total. The third-order valence-electron chi connectivity index (χ3n) is 5.45. The lowest BCUT2D eigenvalue weighted by molar-refractivity contribution is 0.291. The number of likely N-dealkylation sites (N-methyl/N-ethyl adjacent to an activating group) is 1. The third-order valence-corrected chi connectivity index (χ3v) is 5.45. The number of nitrogens with zero attached hydrogens (tertiary/aromatic N) is 3. The Labute approximate surface area is 190 Å². The Morgan fingerprint density at radius 3 is 2.56 bits per heavy atom. The molecule has 0 saturated heterocycles. The summed E-state index contributed by atoms with van der Waals surface area (Å²) in [5.41, 5.74) is 1.10. The Balaban J connectivity index is 0.00000289. The molecule has 0 amide bonds. The van der Waals surface area contributed by atoms with Crippen LogP contribution in [0.5, 0.6) is 11.5 Å². The Hall–Kier alpha value is -2.85. The highest BCUT2D eigenvalue weighted by Gasteiger charge is 2.21. The molecule has 0 spiro atoms. The van der Waals surface area contributed by atoms with E-state index in [1.807, 2.05) is 35.8 Å². The van der Waals surface area contributed by atoms with E-state index >= 15 is 0 Å². The molecule has 0 fully saturated rings. The van der Waals surface area contributed by atoms with Crippen LogP contribution >= 0.6 is 12.4 Å².